The van der Waals surface area contributed by atoms with Crippen LogP contribution in [0, 0.1) is 0 Å². The first-order chi connectivity index (χ1) is 10.2. The highest BCUT2D eigenvalue weighted by atomic mass is 16.5. The summed E-state index contributed by atoms with van der Waals surface area (Å²) in [5.41, 5.74) is 3.41. The van der Waals surface area contributed by atoms with E-state index in [-0.39, 0.29) is 5.97 Å². The predicted molar refractivity (Wildman–Crippen MR) is 82.2 cm³/mol. The van der Waals surface area contributed by atoms with Crippen LogP contribution >= 0.6 is 0 Å². The average molecular weight is 280 g/mol. The Bertz CT molecular complexity index is 791. The first-order valence-corrected chi connectivity index (χ1v) is 6.88. The molecule has 0 aliphatic carbocycles. The van der Waals surface area contributed by atoms with Crippen molar-refractivity contribution in [1.29, 1.82) is 0 Å². The van der Waals surface area contributed by atoms with Gasteiger partial charge >= 0.3 is 5.97 Å². The molecule has 0 saturated carbocycles. The zero-order chi connectivity index (χ0) is 14.8. The van der Waals surface area contributed by atoms with Gasteiger partial charge in [-0.2, -0.15) is 0 Å². The number of carbonyl (C=O) groups excluding carboxylic acids is 1. The summed E-state index contributed by atoms with van der Waals surface area (Å²) in [6, 6.07) is 15.5. The number of methoxy groups -OCH3 is 1. The zero-order valence-corrected chi connectivity index (χ0v) is 12.0. The van der Waals surface area contributed by atoms with Gasteiger partial charge in [-0.05, 0) is 25.1 Å². The topological polar surface area (TPSA) is 44.1 Å². The van der Waals surface area contributed by atoms with Gasteiger partial charge in [-0.3, -0.25) is 0 Å². The third-order valence-corrected chi connectivity index (χ3v) is 3.52. The number of fused-ring (bicyclic) bond motifs is 1. The fourth-order valence-corrected chi connectivity index (χ4v) is 2.50. The van der Waals surface area contributed by atoms with Crippen LogP contribution in [-0.2, 0) is 11.3 Å². The molecule has 0 bridgehead atoms. The average Bonchev–Trinajstić information content (AvgIpc) is 2.92. The third kappa shape index (κ3) is 2.29. The minimum absolute atomic E-state index is 0.343. The first-order valence-electron chi connectivity index (χ1n) is 6.88. The van der Waals surface area contributed by atoms with Crippen LogP contribution in [0.5, 0.6) is 0 Å². The van der Waals surface area contributed by atoms with Gasteiger partial charge in [0.2, 0.25) is 0 Å². The molecule has 0 amide bonds. The van der Waals surface area contributed by atoms with Crippen molar-refractivity contribution in [1.82, 2.24) is 9.55 Å². The molecule has 3 aromatic rings. The van der Waals surface area contributed by atoms with Gasteiger partial charge in [-0.25, -0.2) is 9.78 Å². The summed E-state index contributed by atoms with van der Waals surface area (Å²) in [7, 11) is 1.38. The van der Waals surface area contributed by atoms with Crippen molar-refractivity contribution in [3.63, 3.8) is 0 Å². The summed E-state index contributed by atoms with van der Waals surface area (Å²) >= 11 is 0. The molecule has 3 rings (SSSR count). The van der Waals surface area contributed by atoms with Crippen molar-refractivity contribution >= 4 is 17.0 Å². The Morgan fingerprint density at radius 1 is 1.19 bits per heavy atom. The number of aryl methyl sites for hydroxylation is 1. The molecule has 0 saturated heterocycles. The summed E-state index contributed by atoms with van der Waals surface area (Å²) in [5.74, 6) is 0.569. The van der Waals surface area contributed by atoms with E-state index in [0.717, 1.165) is 29.0 Å². The SMILES string of the molecule is CCn1c(-c2ccccc2)nc2cc(C(=O)OC)ccc21. The predicted octanol–water partition coefficient (Wildman–Crippen LogP) is 3.51. The molecular weight excluding hydrogens is 264 g/mol. The van der Waals surface area contributed by atoms with Crippen LogP contribution in [0.1, 0.15) is 17.3 Å². The van der Waals surface area contributed by atoms with Crippen molar-refractivity contribution in [3.05, 3.63) is 54.1 Å². The normalized spacial score (nSPS) is 10.8. The Balaban J connectivity index is 2.20. The van der Waals surface area contributed by atoms with E-state index in [0.29, 0.717) is 5.56 Å². The van der Waals surface area contributed by atoms with E-state index in [9.17, 15) is 4.79 Å². The second-order valence-electron chi connectivity index (χ2n) is 4.74. The summed E-state index contributed by atoms with van der Waals surface area (Å²) in [6.45, 7) is 2.90. The van der Waals surface area contributed by atoms with Crippen molar-refractivity contribution in [3.8, 4) is 11.4 Å². The number of carbonyl (C=O) groups is 1. The Kier molecular flexibility index (Phi) is 3.44. The summed E-state index contributed by atoms with van der Waals surface area (Å²) in [5, 5.41) is 0. The number of benzene rings is 2. The third-order valence-electron chi connectivity index (χ3n) is 3.52. The van der Waals surface area contributed by atoms with E-state index in [1.165, 1.54) is 7.11 Å². The van der Waals surface area contributed by atoms with Crippen molar-refractivity contribution in [2.24, 2.45) is 0 Å². The Hall–Kier alpha value is -2.62. The highest BCUT2D eigenvalue weighted by molar-refractivity contribution is 5.94. The maximum Gasteiger partial charge on any atom is 0.337 e. The maximum absolute atomic E-state index is 11.6. The number of rotatable bonds is 3. The largest absolute Gasteiger partial charge is 0.465 e. The molecule has 4 nitrogen and oxygen atoms in total. The van der Waals surface area contributed by atoms with Gasteiger partial charge < -0.3 is 9.30 Å². The molecule has 2 aromatic carbocycles. The molecule has 1 aromatic heterocycles. The van der Waals surface area contributed by atoms with Crippen LogP contribution in [0.3, 0.4) is 0 Å². The molecule has 0 atom stereocenters. The minimum atomic E-state index is -0.343. The fourth-order valence-electron chi connectivity index (χ4n) is 2.50. The molecule has 0 aliphatic rings. The van der Waals surface area contributed by atoms with Crippen LogP contribution in [0.25, 0.3) is 22.4 Å². The molecule has 21 heavy (non-hydrogen) atoms. The Labute approximate surface area is 123 Å². The van der Waals surface area contributed by atoms with Crippen molar-refractivity contribution in [2.45, 2.75) is 13.5 Å². The van der Waals surface area contributed by atoms with Crippen molar-refractivity contribution in [2.75, 3.05) is 7.11 Å². The highest BCUT2D eigenvalue weighted by Crippen LogP contribution is 2.25. The summed E-state index contributed by atoms with van der Waals surface area (Å²) in [6.07, 6.45) is 0. The monoisotopic (exact) mass is 280 g/mol. The standard InChI is InChI=1S/C17H16N2O2/c1-3-19-15-10-9-13(17(20)21-2)11-14(15)18-16(19)12-7-5-4-6-8-12/h4-11H,3H2,1-2H3. The van der Waals surface area contributed by atoms with Gasteiger partial charge in [0.05, 0.1) is 23.7 Å². The van der Waals surface area contributed by atoms with Crippen LogP contribution in [0.2, 0.25) is 0 Å². The van der Waals surface area contributed by atoms with Gasteiger partial charge in [0.1, 0.15) is 5.82 Å². The molecule has 0 radical (unpaired) electrons. The second kappa shape index (κ2) is 5.40. The number of aromatic nitrogens is 2. The molecule has 106 valence electrons. The minimum Gasteiger partial charge on any atom is -0.465 e. The number of nitrogens with zero attached hydrogens (tertiary/aromatic N) is 2. The van der Waals surface area contributed by atoms with Gasteiger partial charge in [0.25, 0.3) is 0 Å². The van der Waals surface area contributed by atoms with Crippen LogP contribution in [0.15, 0.2) is 48.5 Å². The van der Waals surface area contributed by atoms with E-state index >= 15 is 0 Å². The van der Waals surface area contributed by atoms with Gasteiger partial charge in [0.15, 0.2) is 0 Å². The molecule has 0 spiro atoms. The highest BCUT2D eigenvalue weighted by Gasteiger charge is 2.13. The lowest BCUT2D eigenvalue weighted by Gasteiger charge is -2.05. The molecule has 0 aliphatic heterocycles. The van der Waals surface area contributed by atoms with E-state index in [4.69, 9.17) is 4.74 Å². The summed E-state index contributed by atoms with van der Waals surface area (Å²) < 4.78 is 6.90. The first kappa shape index (κ1) is 13.4. The summed E-state index contributed by atoms with van der Waals surface area (Å²) in [4.78, 5) is 16.3. The molecule has 1 heterocycles. The van der Waals surface area contributed by atoms with E-state index < -0.39 is 0 Å². The number of hydrogen-bond donors (Lipinski definition) is 0. The number of ether oxygens (including phenoxy) is 1. The fraction of sp³-hybridized carbons (Fsp3) is 0.176. The van der Waals surface area contributed by atoms with Gasteiger partial charge in [-0.15, -0.1) is 0 Å². The Morgan fingerprint density at radius 2 is 1.95 bits per heavy atom. The smallest absolute Gasteiger partial charge is 0.337 e. The zero-order valence-electron chi connectivity index (χ0n) is 12.0. The van der Waals surface area contributed by atoms with E-state index in [2.05, 4.69) is 16.5 Å². The molecular formula is C17H16N2O2. The lowest BCUT2D eigenvalue weighted by molar-refractivity contribution is 0.0601. The molecule has 0 unspecified atom stereocenters. The van der Waals surface area contributed by atoms with Crippen LogP contribution in [-0.4, -0.2) is 22.6 Å². The maximum atomic E-state index is 11.6. The van der Waals surface area contributed by atoms with Gasteiger partial charge in [-0.1, -0.05) is 30.3 Å². The van der Waals surface area contributed by atoms with E-state index in [1.807, 2.05) is 36.4 Å². The van der Waals surface area contributed by atoms with Gasteiger partial charge in [0, 0.05) is 12.1 Å². The second-order valence-corrected chi connectivity index (χ2v) is 4.74. The van der Waals surface area contributed by atoms with Crippen molar-refractivity contribution < 1.29 is 9.53 Å². The number of esters is 1. The Morgan fingerprint density at radius 3 is 2.62 bits per heavy atom. The van der Waals surface area contributed by atoms with Crippen LogP contribution < -0.4 is 0 Å². The molecule has 0 N–H and O–H groups in total. The number of hydrogen-bond acceptors (Lipinski definition) is 3. The van der Waals surface area contributed by atoms with E-state index in [1.54, 1.807) is 12.1 Å². The molecule has 0 fully saturated rings. The number of imidazole rings is 1. The molecule has 4 heteroatoms. The lowest BCUT2D eigenvalue weighted by Crippen LogP contribution is -2.01. The lowest BCUT2D eigenvalue weighted by atomic mass is 10.2. The van der Waals surface area contributed by atoms with Crippen LogP contribution in [0.4, 0.5) is 0 Å². The quantitative estimate of drug-likeness (QED) is 0.690.